The molecule has 0 aromatic heterocycles. The van der Waals surface area contributed by atoms with Gasteiger partial charge in [0.2, 0.25) is 0 Å². The van der Waals surface area contributed by atoms with Crippen LogP contribution in [0, 0.1) is 0 Å². The Balaban J connectivity index is -0.000000000714. The van der Waals surface area contributed by atoms with Crippen LogP contribution in [0.2, 0.25) is 0 Å². The molecule has 0 heterocycles. The molecule has 68 valence electrons. The predicted octanol–water partition coefficient (Wildman–Crippen LogP) is -8.13. The van der Waals surface area contributed by atoms with Crippen LogP contribution in [0.25, 0.3) is 0 Å². The van der Waals surface area contributed by atoms with Gasteiger partial charge in [0.15, 0.2) is 0 Å². The summed E-state index contributed by atoms with van der Waals surface area (Å²) in [5, 5.41) is 6.89. The fourth-order valence-electron chi connectivity index (χ4n) is 0. The van der Waals surface area contributed by atoms with Crippen molar-refractivity contribution in [2.75, 3.05) is 0 Å². The Hall–Kier alpha value is 0.230. The molecule has 9 heteroatoms. The second-order valence-corrected chi connectivity index (χ2v) is 0.105. The van der Waals surface area contributed by atoms with E-state index in [2.05, 4.69) is 0 Å². The van der Waals surface area contributed by atoms with Gasteiger partial charge >= 0.3 is 29.6 Å². The third-order valence-electron chi connectivity index (χ3n) is 0. The van der Waals surface area contributed by atoms with Gasteiger partial charge in [-0.1, -0.05) is 0 Å². The standard InChI is InChI=1S/CH2O2.Na.6H2O.H/c2-1-3;;;;;;;;/h1H,(H,2,3);;6*1H2;/q;+1;;;;;;;-1. The van der Waals surface area contributed by atoms with E-state index in [9.17, 15) is 0 Å². The quantitative estimate of drug-likeness (QED) is 0.281. The maximum absolute atomic E-state index is 8.36. The molecule has 0 rings (SSSR count). The number of carbonyl (C=O) groups is 1. The maximum atomic E-state index is 8.36. The van der Waals surface area contributed by atoms with E-state index in [-0.39, 0.29) is 70.3 Å². The van der Waals surface area contributed by atoms with Gasteiger partial charge in [-0.05, 0) is 0 Å². The molecule has 0 bridgehead atoms. The van der Waals surface area contributed by atoms with Crippen LogP contribution in [0.15, 0.2) is 0 Å². The number of carboxylic acid groups (broad SMARTS) is 1. The first-order chi connectivity index (χ1) is 1.41. The summed E-state index contributed by atoms with van der Waals surface area (Å²) in [4.78, 5) is 8.36. The van der Waals surface area contributed by atoms with Crippen LogP contribution in [0.4, 0.5) is 0 Å². The molecule has 0 aromatic rings. The fraction of sp³-hybridized carbons (Fsp3) is 0. The van der Waals surface area contributed by atoms with Crippen molar-refractivity contribution in [3.63, 3.8) is 0 Å². The van der Waals surface area contributed by atoms with E-state index < -0.39 is 0 Å². The SMILES string of the molecule is O.O.O.O.O.O.O=CO.[H-].[Na+]. The number of hydrogen-bond donors (Lipinski definition) is 1. The largest absolute Gasteiger partial charge is 1.00 e. The minimum absolute atomic E-state index is 0. The average molecular weight is 178 g/mol. The Morgan fingerprint density at radius 2 is 0.900 bits per heavy atom. The first-order valence-electron chi connectivity index (χ1n) is 0.494. The van der Waals surface area contributed by atoms with E-state index in [1.165, 1.54) is 0 Å². The van der Waals surface area contributed by atoms with Crippen LogP contribution >= 0.6 is 0 Å². The smallest absolute Gasteiger partial charge is 1.00 e. The normalized spacial score (nSPS) is 1.20. The molecule has 0 aromatic carbocycles. The molecular formula is CH15NaO8. The molecule has 0 atom stereocenters. The summed E-state index contributed by atoms with van der Waals surface area (Å²) in [6.07, 6.45) is 0. The van der Waals surface area contributed by atoms with Crippen molar-refractivity contribution in [1.82, 2.24) is 0 Å². The number of hydrogen-bond acceptors (Lipinski definition) is 1. The summed E-state index contributed by atoms with van der Waals surface area (Å²) in [7, 11) is 0. The zero-order valence-corrected chi connectivity index (χ0v) is 7.43. The van der Waals surface area contributed by atoms with E-state index in [0.717, 1.165) is 0 Å². The van der Waals surface area contributed by atoms with Crippen LogP contribution in [0.1, 0.15) is 1.43 Å². The number of rotatable bonds is 0. The summed E-state index contributed by atoms with van der Waals surface area (Å²) >= 11 is 0. The van der Waals surface area contributed by atoms with Crippen molar-refractivity contribution in [2.24, 2.45) is 0 Å². The molecule has 0 saturated heterocycles. The summed E-state index contributed by atoms with van der Waals surface area (Å²) < 4.78 is 0. The van der Waals surface area contributed by atoms with Crippen molar-refractivity contribution >= 4 is 6.47 Å². The first kappa shape index (κ1) is 175. The maximum Gasteiger partial charge on any atom is 1.00 e. The van der Waals surface area contributed by atoms with Crippen LogP contribution in [-0.2, 0) is 4.79 Å². The molecule has 0 aliphatic rings. The Bertz CT molecular complexity index is 21.6. The van der Waals surface area contributed by atoms with Crippen LogP contribution in [0.3, 0.4) is 0 Å². The van der Waals surface area contributed by atoms with Gasteiger partial charge in [0, 0.05) is 0 Å². The minimum Gasteiger partial charge on any atom is -1.00 e. The Labute approximate surface area is 80.5 Å². The molecule has 10 heavy (non-hydrogen) atoms. The van der Waals surface area contributed by atoms with Gasteiger partial charge in [-0.2, -0.15) is 0 Å². The summed E-state index contributed by atoms with van der Waals surface area (Å²) in [6, 6.07) is 0. The Morgan fingerprint density at radius 1 is 0.900 bits per heavy atom. The third kappa shape index (κ3) is 8130. The van der Waals surface area contributed by atoms with Crippen molar-refractivity contribution in [2.45, 2.75) is 0 Å². The first-order valence-corrected chi connectivity index (χ1v) is 0.494. The zero-order valence-electron chi connectivity index (χ0n) is 6.43. The second-order valence-electron chi connectivity index (χ2n) is 0.105. The summed E-state index contributed by atoms with van der Waals surface area (Å²) in [5.74, 6) is 0. The van der Waals surface area contributed by atoms with Gasteiger partial charge < -0.3 is 39.4 Å². The molecule has 0 aliphatic heterocycles. The molecule has 0 spiro atoms. The molecule has 0 aliphatic carbocycles. The van der Waals surface area contributed by atoms with E-state index in [4.69, 9.17) is 9.90 Å². The summed E-state index contributed by atoms with van der Waals surface area (Å²) in [6.45, 7) is -0.250. The monoisotopic (exact) mass is 178 g/mol. The van der Waals surface area contributed by atoms with Gasteiger partial charge in [-0.25, -0.2) is 0 Å². The Morgan fingerprint density at radius 3 is 0.900 bits per heavy atom. The van der Waals surface area contributed by atoms with Gasteiger partial charge in [-0.15, -0.1) is 0 Å². The van der Waals surface area contributed by atoms with Crippen molar-refractivity contribution in [1.29, 1.82) is 0 Å². The topological polar surface area (TPSA) is 226 Å². The fourth-order valence-corrected chi connectivity index (χ4v) is 0. The van der Waals surface area contributed by atoms with Crippen molar-refractivity contribution in [3.05, 3.63) is 0 Å². The van der Waals surface area contributed by atoms with Gasteiger partial charge in [0.25, 0.3) is 6.47 Å². The van der Waals surface area contributed by atoms with E-state index in [1.54, 1.807) is 0 Å². The third-order valence-corrected chi connectivity index (χ3v) is 0. The molecule has 8 nitrogen and oxygen atoms in total. The van der Waals surface area contributed by atoms with E-state index >= 15 is 0 Å². The van der Waals surface area contributed by atoms with Gasteiger partial charge in [-0.3, -0.25) is 4.79 Å². The van der Waals surface area contributed by atoms with E-state index in [1.807, 2.05) is 0 Å². The molecule has 0 saturated carbocycles. The zero-order chi connectivity index (χ0) is 2.71. The molecule has 0 radical (unpaired) electrons. The van der Waals surface area contributed by atoms with Crippen LogP contribution in [0.5, 0.6) is 0 Å². The van der Waals surface area contributed by atoms with Crippen LogP contribution in [-0.4, -0.2) is 44.4 Å². The predicted molar refractivity (Wildman–Crippen MR) is 31.5 cm³/mol. The molecule has 0 amide bonds. The molecule has 0 fully saturated rings. The second kappa shape index (κ2) is 413. The van der Waals surface area contributed by atoms with Gasteiger partial charge in [0.1, 0.15) is 0 Å². The summed E-state index contributed by atoms with van der Waals surface area (Å²) in [5.41, 5.74) is 0. The van der Waals surface area contributed by atoms with Crippen molar-refractivity contribution in [3.8, 4) is 0 Å². The molecule has 0 unspecified atom stereocenters. The van der Waals surface area contributed by atoms with E-state index in [0.29, 0.717) is 0 Å². The van der Waals surface area contributed by atoms with Crippen LogP contribution < -0.4 is 29.6 Å². The van der Waals surface area contributed by atoms with Crippen molar-refractivity contribution < 1.29 is 73.7 Å². The molecular weight excluding hydrogens is 163 g/mol. The average Bonchev–Trinajstić information content (AvgIpc) is 0.918. The molecule has 13 N–H and O–H groups in total. The minimum atomic E-state index is -0.250. The van der Waals surface area contributed by atoms with Gasteiger partial charge in [0.05, 0.1) is 0 Å². The Kier molecular flexibility index (Phi) is 7240.